The zero-order valence-electron chi connectivity index (χ0n) is 22.4. The summed E-state index contributed by atoms with van der Waals surface area (Å²) in [5, 5.41) is 22.2. The molecular formula is C30H29N9O. The van der Waals surface area contributed by atoms with Crippen LogP contribution in [0.1, 0.15) is 11.1 Å². The number of ether oxygens (including phenoxy) is 1. The van der Waals surface area contributed by atoms with Crippen molar-refractivity contribution in [1.29, 1.82) is 5.26 Å². The lowest BCUT2D eigenvalue weighted by Crippen LogP contribution is -2.32. The highest BCUT2D eigenvalue weighted by Crippen LogP contribution is 2.46. The molecule has 40 heavy (non-hydrogen) atoms. The maximum atomic E-state index is 9.70. The van der Waals surface area contributed by atoms with E-state index in [4.69, 9.17) is 9.72 Å². The maximum Gasteiger partial charge on any atom is 0.212 e. The highest BCUT2D eigenvalue weighted by atomic mass is 16.5. The van der Waals surface area contributed by atoms with E-state index in [1.54, 1.807) is 22.5 Å². The van der Waals surface area contributed by atoms with Gasteiger partial charge in [-0.3, -0.25) is 4.68 Å². The van der Waals surface area contributed by atoms with Crippen LogP contribution in [-0.4, -0.2) is 62.1 Å². The zero-order chi connectivity index (χ0) is 27.2. The van der Waals surface area contributed by atoms with Crippen LogP contribution in [0.5, 0.6) is 5.88 Å². The van der Waals surface area contributed by atoms with Gasteiger partial charge in [0.2, 0.25) is 5.88 Å². The predicted octanol–water partition coefficient (Wildman–Crippen LogP) is 3.34. The van der Waals surface area contributed by atoms with E-state index in [1.165, 1.54) is 5.56 Å². The molecule has 10 heteroatoms. The molecule has 7 rings (SSSR count). The first-order chi connectivity index (χ1) is 19.6. The van der Waals surface area contributed by atoms with Gasteiger partial charge in [0.05, 0.1) is 30.6 Å². The summed E-state index contributed by atoms with van der Waals surface area (Å²) in [5.74, 6) is 2.97. The highest BCUT2D eigenvalue weighted by molar-refractivity contribution is 5.87. The van der Waals surface area contributed by atoms with Gasteiger partial charge >= 0.3 is 0 Å². The summed E-state index contributed by atoms with van der Waals surface area (Å²) < 4.78 is 8.69. The van der Waals surface area contributed by atoms with Gasteiger partial charge < -0.3 is 15.0 Å². The van der Waals surface area contributed by atoms with Gasteiger partial charge in [-0.15, -0.1) is 0 Å². The van der Waals surface area contributed by atoms with Crippen molar-refractivity contribution in [1.82, 2.24) is 34.7 Å². The minimum Gasteiger partial charge on any atom is -0.481 e. The molecule has 0 radical (unpaired) electrons. The van der Waals surface area contributed by atoms with Crippen molar-refractivity contribution < 1.29 is 4.74 Å². The summed E-state index contributed by atoms with van der Waals surface area (Å²) in [7, 11) is 3.53. The topological polar surface area (TPSA) is 109 Å². The Labute approximate surface area is 231 Å². The molecule has 10 nitrogen and oxygen atoms in total. The summed E-state index contributed by atoms with van der Waals surface area (Å²) in [5.41, 5.74) is 6.39. The Bertz CT molecular complexity index is 1700. The van der Waals surface area contributed by atoms with E-state index in [0.717, 1.165) is 59.6 Å². The van der Waals surface area contributed by atoms with E-state index in [2.05, 4.69) is 55.7 Å². The predicted molar refractivity (Wildman–Crippen MR) is 151 cm³/mol. The lowest BCUT2D eigenvalue weighted by Gasteiger charge is -2.21. The Morgan fingerprint density at radius 1 is 0.975 bits per heavy atom. The molecule has 0 aromatic carbocycles. The second-order valence-electron chi connectivity index (χ2n) is 10.6. The number of aromatic nitrogens is 6. The van der Waals surface area contributed by atoms with Gasteiger partial charge in [0, 0.05) is 79.3 Å². The quantitative estimate of drug-likeness (QED) is 0.325. The molecule has 6 heterocycles. The second-order valence-corrected chi connectivity index (χ2v) is 10.6. The van der Waals surface area contributed by atoms with Crippen LogP contribution in [0.25, 0.3) is 27.8 Å². The average Bonchev–Trinajstić information content (AvgIpc) is 3.43. The van der Waals surface area contributed by atoms with Crippen molar-refractivity contribution in [3.05, 3.63) is 78.6 Å². The summed E-state index contributed by atoms with van der Waals surface area (Å²) in [6, 6.07) is 13.1. The Morgan fingerprint density at radius 3 is 2.52 bits per heavy atom. The third-order valence-corrected chi connectivity index (χ3v) is 8.15. The van der Waals surface area contributed by atoms with Crippen LogP contribution in [0.3, 0.4) is 0 Å². The smallest absolute Gasteiger partial charge is 0.212 e. The van der Waals surface area contributed by atoms with Crippen LogP contribution in [0, 0.1) is 23.2 Å². The van der Waals surface area contributed by atoms with Gasteiger partial charge in [0.25, 0.3) is 0 Å². The molecular weight excluding hydrogens is 502 g/mol. The lowest BCUT2D eigenvalue weighted by atomic mass is 10.0. The second kappa shape index (κ2) is 9.77. The normalized spacial score (nSPS) is 19.5. The third kappa shape index (κ3) is 4.34. The Morgan fingerprint density at radius 2 is 1.85 bits per heavy atom. The molecule has 5 aromatic heterocycles. The molecule has 2 fully saturated rings. The summed E-state index contributed by atoms with van der Waals surface area (Å²) in [6.45, 7) is 2.98. The zero-order valence-corrected chi connectivity index (χ0v) is 22.4. The van der Waals surface area contributed by atoms with Crippen molar-refractivity contribution in [2.45, 2.75) is 12.5 Å². The molecule has 1 N–H and O–H groups in total. The molecule has 0 spiro atoms. The van der Waals surface area contributed by atoms with Gasteiger partial charge in [0.1, 0.15) is 11.9 Å². The Hall–Kier alpha value is -4.75. The largest absolute Gasteiger partial charge is 0.481 e. The minimum atomic E-state index is 0.540. The van der Waals surface area contributed by atoms with Crippen molar-refractivity contribution in [2.24, 2.45) is 18.9 Å². The summed E-state index contributed by atoms with van der Waals surface area (Å²) >= 11 is 0. The number of piperidine rings is 1. The number of nitrogens with one attached hydrogen (secondary N) is 1. The fraction of sp³-hybridized carbons (Fsp3) is 0.300. The molecule has 0 amide bonds. The number of fused-ring (bicyclic) bond motifs is 2. The maximum absolute atomic E-state index is 9.70. The Kier molecular flexibility index (Phi) is 5.94. The van der Waals surface area contributed by atoms with Crippen LogP contribution < -0.4 is 15.0 Å². The summed E-state index contributed by atoms with van der Waals surface area (Å²) in [6.07, 6.45) is 12.1. The Balaban J connectivity index is 1.03. The van der Waals surface area contributed by atoms with Gasteiger partial charge in [-0.05, 0) is 48.6 Å². The van der Waals surface area contributed by atoms with E-state index in [1.807, 2.05) is 44.1 Å². The summed E-state index contributed by atoms with van der Waals surface area (Å²) in [4.78, 5) is 11.5. The molecule has 0 bridgehead atoms. The van der Waals surface area contributed by atoms with E-state index in [0.29, 0.717) is 29.3 Å². The minimum absolute atomic E-state index is 0.540. The van der Waals surface area contributed by atoms with Crippen LogP contribution in [0.15, 0.2) is 67.5 Å². The van der Waals surface area contributed by atoms with Gasteiger partial charge in [-0.2, -0.15) is 15.5 Å². The monoisotopic (exact) mass is 531 g/mol. The molecule has 1 saturated carbocycles. The third-order valence-electron chi connectivity index (χ3n) is 8.15. The number of rotatable bonds is 8. The van der Waals surface area contributed by atoms with E-state index >= 15 is 0 Å². The molecule has 1 aliphatic heterocycles. The molecule has 2 aliphatic rings. The first-order valence-electron chi connectivity index (χ1n) is 13.5. The fourth-order valence-electron chi connectivity index (χ4n) is 5.96. The molecule has 2 atom stereocenters. The molecule has 1 aliphatic carbocycles. The highest BCUT2D eigenvalue weighted by Gasteiger charge is 2.55. The SMILES string of the molecule is COc1ccc(CCNC2C3CN(c4ccc(-c5cc(-c6cnn(C)c6)cn6ncc(C#N)c56)cn4)CC32)cn1. The van der Waals surface area contributed by atoms with Gasteiger partial charge in [0.15, 0.2) is 0 Å². The van der Waals surface area contributed by atoms with Gasteiger partial charge in [-0.25, -0.2) is 14.5 Å². The number of pyridine rings is 3. The number of hydrogen-bond acceptors (Lipinski definition) is 8. The van der Waals surface area contributed by atoms with Crippen molar-refractivity contribution in [3.8, 4) is 34.2 Å². The first-order valence-corrected chi connectivity index (χ1v) is 13.5. The standard InChI is InChI=1S/C30H29N9O/c1-37-15-23(14-35-37)21-9-24(30-22(10-31)13-36-39(30)16-21)20-4-5-27(33-12-20)38-17-25-26(18-38)29(25)32-8-7-19-3-6-28(40-2)34-11-19/h3-6,9,11-16,25-26,29,32H,7-8,17-18H2,1-2H3. The molecule has 2 unspecified atom stereocenters. The fourth-order valence-corrected chi connectivity index (χ4v) is 5.96. The first kappa shape index (κ1) is 24.3. The van der Waals surface area contributed by atoms with Crippen molar-refractivity contribution in [2.75, 3.05) is 31.6 Å². The number of anilines is 1. The molecule has 5 aromatic rings. The number of nitrogens with zero attached hydrogens (tertiary/aromatic N) is 8. The van der Waals surface area contributed by atoms with Crippen LogP contribution in [0.2, 0.25) is 0 Å². The lowest BCUT2D eigenvalue weighted by molar-refractivity contribution is 0.397. The van der Waals surface area contributed by atoms with Crippen molar-refractivity contribution >= 4 is 11.3 Å². The number of hydrogen-bond donors (Lipinski definition) is 1. The van der Waals surface area contributed by atoms with E-state index < -0.39 is 0 Å². The van der Waals surface area contributed by atoms with Gasteiger partial charge in [-0.1, -0.05) is 6.07 Å². The molecule has 1 saturated heterocycles. The van der Waals surface area contributed by atoms with Crippen LogP contribution in [-0.2, 0) is 13.5 Å². The average molecular weight is 532 g/mol. The van der Waals surface area contributed by atoms with E-state index in [9.17, 15) is 5.26 Å². The van der Waals surface area contributed by atoms with Crippen molar-refractivity contribution in [3.63, 3.8) is 0 Å². The number of nitriles is 1. The molecule has 200 valence electrons. The number of methoxy groups -OCH3 is 1. The van der Waals surface area contributed by atoms with E-state index in [-0.39, 0.29) is 0 Å². The number of aryl methyl sites for hydroxylation is 1. The van der Waals surface area contributed by atoms with Crippen LogP contribution in [0.4, 0.5) is 5.82 Å². The van der Waals surface area contributed by atoms with Crippen LogP contribution >= 0.6 is 0 Å².